The van der Waals surface area contributed by atoms with E-state index < -0.39 is 0 Å². The predicted molar refractivity (Wildman–Crippen MR) is 70.3 cm³/mol. The van der Waals surface area contributed by atoms with E-state index in [2.05, 4.69) is 15.9 Å². The van der Waals surface area contributed by atoms with Gasteiger partial charge in [0.05, 0.1) is 0 Å². The highest BCUT2D eigenvalue weighted by Gasteiger charge is 2.07. The number of benzene rings is 2. The van der Waals surface area contributed by atoms with E-state index in [1.807, 2.05) is 31.2 Å². The van der Waals surface area contributed by atoms with Gasteiger partial charge in [0, 0.05) is 10.9 Å². The summed E-state index contributed by atoms with van der Waals surface area (Å²) in [6.07, 6.45) is 0. The minimum atomic E-state index is -0.347. The summed E-state index contributed by atoms with van der Waals surface area (Å²) in [5.41, 5.74) is 1.96. The second kappa shape index (κ2) is 5.32. The van der Waals surface area contributed by atoms with Crippen LogP contribution in [0.15, 0.2) is 42.5 Å². The molecule has 0 fully saturated rings. The van der Waals surface area contributed by atoms with E-state index in [0.717, 1.165) is 11.1 Å². The first-order valence-electron chi connectivity index (χ1n) is 5.28. The predicted octanol–water partition coefficient (Wildman–Crippen LogP) is 4.82. The lowest BCUT2D eigenvalue weighted by Crippen LogP contribution is -1.92. The maximum absolute atomic E-state index is 13.6. The molecule has 17 heavy (non-hydrogen) atoms. The molecule has 3 heteroatoms. The summed E-state index contributed by atoms with van der Waals surface area (Å²) >= 11 is 3.38. The van der Waals surface area contributed by atoms with Crippen molar-refractivity contribution >= 4 is 15.9 Å². The second-order valence-corrected chi connectivity index (χ2v) is 4.34. The molecular formula is C14H12BrFO. The van der Waals surface area contributed by atoms with Gasteiger partial charge in [-0.25, -0.2) is 4.39 Å². The highest BCUT2D eigenvalue weighted by molar-refractivity contribution is 9.08. The molecule has 0 spiro atoms. The van der Waals surface area contributed by atoms with Crippen molar-refractivity contribution in [2.75, 3.05) is 0 Å². The van der Waals surface area contributed by atoms with Crippen molar-refractivity contribution in [1.29, 1.82) is 0 Å². The summed E-state index contributed by atoms with van der Waals surface area (Å²) < 4.78 is 19.2. The monoisotopic (exact) mass is 294 g/mol. The molecular weight excluding hydrogens is 283 g/mol. The second-order valence-electron chi connectivity index (χ2n) is 3.78. The van der Waals surface area contributed by atoms with Gasteiger partial charge in [-0.05, 0) is 30.7 Å². The van der Waals surface area contributed by atoms with Crippen molar-refractivity contribution in [3.05, 3.63) is 59.4 Å². The lowest BCUT2D eigenvalue weighted by atomic mass is 10.2. The van der Waals surface area contributed by atoms with Gasteiger partial charge in [0.2, 0.25) is 0 Å². The van der Waals surface area contributed by atoms with Crippen LogP contribution in [0, 0.1) is 12.7 Å². The summed E-state index contributed by atoms with van der Waals surface area (Å²) in [5, 5.41) is 0.677. The van der Waals surface area contributed by atoms with Gasteiger partial charge in [-0.3, -0.25) is 0 Å². The first-order chi connectivity index (χ1) is 8.20. The lowest BCUT2D eigenvalue weighted by Gasteiger charge is -2.10. The van der Waals surface area contributed by atoms with Crippen LogP contribution < -0.4 is 4.74 Å². The van der Waals surface area contributed by atoms with E-state index in [1.54, 1.807) is 12.1 Å². The number of rotatable bonds is 3. The van der Waals surface area contributed by atoms with E-state index in [4.69, 9.17) is 4.74 Å². The zero-order chi connectivity index (χ0) is 12.3. The fourth-order valence-corrected chi connectivity index (χ4v) is 1.98. The van der Waals surface area contributed by atoms with Crippen molar-refractivity contribution < 1.29 is 9.13 Å². The van der Waals surface area contributed by atoms with Gasteiger partial charge < -0.3 is 4.74 Å². The average Bonchev–Trinajstić information content (AvgIpc) is 2.34. The molecule has 1 nitrogen and oxygen atoms in total. The first kappa shape index (κ1) is 12.1. The molecule has 0 bridgehead atoms. The van der Waals surface area contributed by atoms with Crippen LogP contribution in [0.3, 0.4) is 0 Å². The van der Waals surface area contributed by atoms with Crippen molar-refractivity contribution in [2.24, 2.45) is 0 Å². The molecule has 88 valence electrons. The van der Waals surface area contributed by atoms with Crippen molar-refractivity contribution in [2.45, 2.75) is 12.3 Å². The molecule has 0 saturated heterocycles. The molecule has 0 atom stereocenters. The summed E-state index contributed by atoms with van der Waals surface area (Å²) in [7, 11) is 0. The van der Waals surface area contributed by atoms with E-state index in [1.165, 1.54) is 6.07 Å². The van der Waals surface area contributed by atoms with Crippen LogP contribution in [0.5, 0.6) is 11.5 Å². The Morgan fingerprint density at radius 1 is 1.12 bits per heavy atom. The number of alkyl halides is 1. The highest BCUT2D eigenvalue weighted by Crippen LogP contribution is 2.29. The van der Waals surface area contributed by atoms with Gasteiger partial charge in [0.25, 0.3) is 0 Å². The van der Waals surface area contributed by atoms with Crippen molar-refractivity contribution in [3.8, 4) is 11.5 Å². The molecule has 0 saturated carbocycles. The Morgan fingerprint density at radius 2 is 1.88 bits per heavy atom. The van der Waals surface area contributed by atoms with Gasteiger partial charge >= 0.3 is 0 Å². The fourth-order valence-electron chi connectivity index (χ4n) is 1.52. The quantitative estimate of drug-likeness (QED) is 0.737. The molecule has 0 aliphatic carbocycles. The number of ether oxygens (including phenoxy) is 1. The Labute approximate surface area is 108 Å². The standard InChI is InChI=1S/C14H12BrFO/c1-10-6-7-12(16)14(8-10)17-13-5-3-2-4-11(13)9-15/h2-8H,9H2,1H3. The molecule has 2 rings (SSSR count). The van der Waals surface area contributed by atoms with Gasteiger partial charge in [-0.2, -0.15) is 0 Å². The maximum Gasteiger partial charge on any atom is 0.165 e. The summed E-state index contributed by atoms with van der Waals surface area (Å²) in [6, 6.07) is 12.4. The normalized spacial score (nSPS) is 10.3. The fraction of sp³-hybridized carbons (Fsp3) is 0.143. The Bertz CT molecular complexity index is 525. The summed E-state index contributed by atoms with van der Waals surface area (Å²) in [6.45, 7) is 1.91. The summed E-state index contributed by atoms with van der Waals surface area (Å²) in [5.74, 6) is 0.590. The Balaban J connectivity index is 2.34. The van der Waals surface area contributed by atoms with Gasteiger partial charge in [0.1, 0.15) is 5.75 Å². The zero-order valence-electron chi connectivity index (χ0n) is 9.41. The van der Waals surface area contributed by atoms with Crippen LogP contribution in [0.4, 0.5) is 4.39 Å². The topological polar surface area (TPSA) is 9.23 Å². The highest BCUT2D eigenvalue weighted by atomic mass is 79.9. The lowest BCUT2D eigenvalue weighted by molar-refractivity contribution is 0.439. The van der Waals surface area contributed by atoms with E-state index >= 15 is 0 Å². The van der Waals surface area contributed by atoms with Crippen molar-refractivity contribution in [3.63, 3.8) is 0 Å². The number of hydrogen-bond donors (Lipinski definition) is 0. The van der Waals surface area contributed by atoms with Crippen LogP contribution in [-0.2, 0) is 5.33 Å². The smallest absolute Gasteiger partial charge is 0.165 e. The average molecular weight is 295 g/mol. The van der Waals surface area contributed by atoms with Crippen molar-refractivity contribution in [1.82, 2.24) is 0 Å². The zero-order valence-corrected chi connectivity index (χ0v) is 11.0. The van der Waals surface area contributed by atoms with Gasteiger partial charge in [-0.15, -0.1) is 0 Å². The molecule has 0 unspecified atom stereocenters. The third-order valence-corrected chi connectivity index (χ3v) is 3.03. The Hall–Kier alpha value is -1.35. The number of aryl methyl sites for hydroxylation is 1. The van der Waals surface area contributed by atoms with Crippen LogP contribution in [-0.4, -0.2) is 0 Å². The largest absolute Gasteiger partial charge is 0.454 e. The molecule has 0 aliphatic rings. The van der Waals surface area contributed by atoms with E-state index in [-0.39, 0.29) is 11.6 Å². The molecule has 0 aromatic heterocycles. The molecule has 0 amide bonds. The Kier molecular flexibility index (Phi) is 3.79. The minimum absolute atomic E-state index is 0.262. The van der Waals surface area contributed by atoms with Crippen LogP contribution in [0.1, 0.15) is 11.1 Å². The number of halogens is 2. The van der Waals surface area contributed by atoms with Gasteiger partial charge in [0.15, 0.2) is 11.6 Å². The van der Waals surface area contributed by atoms with Crippen LogP contribution >= 0.6 is 15.9 Å². The third-order valence-electron chi connectivity index (χ3n) is 2.42. The molecule has 0 heterocycles. The minimum Gasteiger partial charge on any atom is -0.454 e. The number of hydrogen-bond acceptors (Lipinski definition) is 1. The van der Waals surface area contributed by atoms with Crippen LogP contribution in [0.2, 0.25) is 0 Å². The molecule has 0 N–H and O–H groups in total. The van der Waals surface area contributed by atoms with E-state index in [0.29, 0.717) is 11.1 Å². The first-order valence-corrected chi connectivity index (χ1v) is 6.40. The molecule has 2 aromatic carbocycles. The molecule has 0 aliphatic heterocycles. The molecule has 0 radical (unpaired) electrons. The maximum atomic E-state index is 13.6. The van der Waals surface area contributed by atoms with Crippen LogP contribution in [0.25, 0.3) is 0 Å². The van der Waals surface area contributed by atoms with E-state index in [9.17, 15) is 4.39 Å². The SMILES string of the molecule is Cc1ccc(F)c(Oc2ccccc2CBr)c1. The Morgan fingerprint density at radius 3 is 2.65 bits per heavy atom. The number of para-hydroxylation sites is 1. The van der Waals surface area contributed by atoms with Gasteiger partial charge in [-0.1, -0.05) is 40.2 Å². The third kappa shape index (κ3) is 2.86. The molecule has 2 aromatic rings. The summed E-state index contributed by atoms with van der Waals surface area (Å²) in [4.78, 5) is 0.